The third-order valence-corrected chi connectivity index (χ3v) is 4.48. The SMILES string of the molecule is CC(Cc1c(F)cccc1F)NC(=O)Cn1c(=O)c2c(ncn2C)n(C)c1=O. The second kappa shape index (κ2) is 7.37. The standard InChI is InChI=1S/C18H19F2N5O3/c1-10(7-11-12(19)5-4-6-13(11)20)22-14(26)8-25-17(27)15-16(21-9-23(15)2)24(3)18(25)28/h4-6,9-10H,7-8H2,1-3H3,(H,22,26). The highest BCUT2D eigenvalue weighted by molar-refractivity contribution is 5.77. The quantitative estimate of drug-likeness (QED) is 0.684. The normalized spacial score (nSPS) is 12.3. The maximum atomic E-state index is 13.8. The van der Waals surface area contributed by atoms with Crippen molar-refractivity contribution in [2.24, 2.45) is 14.1 Å². The van der Waals surface area contributed by atoms with Crippen molar-refractivity contribution in [3.8, 4) is 0 Å². The van der Waals surface area contributed by atoms with Crippen LogP contribution in [-0.4, -0.2) is 30.6 Å². The summed E-state index contributed by atoms with van der Waals surface area (Å²) in [5.74, 6) is -2.02. The molecule has 148 valence electrons. The highest BCUT2D eigenvalue weighted by Gasteiger charge is 2.19. The van der Waals surface area contributed by atoms with Crippen LogP contribution in [0.5, 0.6) is 0 Å². The summed E-state index contributed by atoms with van der Waals surface area (Å²) in [6.45, 7) is 1.06. The lowest BCUT2D eigenvalue weighted by Crippen LogP contribution is -2.45. The molecule has 1 N–H and O–H groups in total. The highest BCUT2D eigenvalue weighted by atomic mass is 19.1. The van der Waals surface area contributed by atoms with Crippen molar-refractivity contribution in [2.75, 3.05) is 0 Å². The largest absolute Gasteiger partial charge is 0.352 e. The van der Waals surface area contributed by atoms with Gasteiger partial charge in [-0.2, -0.15) is 0 Å². The Hall–Kier alpha value is -3.30. The first kappa shape index (κ1) is 19.5. The fourth-order valence-corrected chi connectivity index (χ4v) is 3.08. The van der Waals surface area contributed by atoms with Gasteiger partial charge in [0, 0.05) is 25.7 Å². The molecule has 0 fully saturated rings. The minimum absolute atomic E-state index is 0.0715. The first-order valence-corrected chi connectivity index (χ1v) is 8.53. The van der Waals surface area contributed by atoms with E-state index in [9.17, 15) is 23.2 Å². The van der Waals surface area contributed by atoms with Gasteiger partial charge in [-0.05, 0) is 25.5 Å². The van der Waals surface area contributed by atoms with Gasteiger partial charge < -0.3 is 9.88 Å². The van der Waals surface area contributed by atoms with Crippen molar-refractivity contribution in [1.29, 1.82) is 0 Å². The van der Waals surface area contributed by atoms with Crippen molar-refractivity contribution in [3.63, 3.8) is 0 Å². The van der Waals surface area contributed by atoms with Gasteiger partial charge in [-0.15, -0.1) is 0 Å². The van der Waals surface area contributed by atoms with Crippen LogP contribution in [0.4, 0.5) is 8.78 Å². The molecule has 2 heterocycles. The number of imidazole rings is 1. The number of hydrogen-bond donors (Lipinski definition) is 1. The lowest BCUT2D eigenvalue weighted by atomic mass is 10.1. The molecule has 1 atom stereocenters. The number of nitrogens with one attached hydrogen (secondary N) is 1. The van der Waals surface area contributed by atoms with Crippen LogP contribution < -0.4 is 16.6 Å². The van der Waals surface area contributed by atoms with Crippen LogP contribution in [0.1, 0.15) is 12.5 Å². The Labute approximate surface area is 158 Å². The van der Waals surface area contributed by atoms with Gasteiger partial charge >= 0.3 is 5.69 Å². The van der Waals surface area contributed by atoms with Crippen molar-refractivity contribution in [2.45, 2.75) is 25.9 Å². The lowest BCUT2D eigenvalue weighted by molar-refractivity contribution is -0.122. The topological polar surface area (TPSA) is 90.9 Å². The number of hydrogen-bond acceptors (Lipinski definition) is 4. The van der Waals surface area contributed by atoms with Gasteiger partial charge in [0.05, 0.1) is 6.33 Å². The number of amides is 1. The van der Waals surface area contributed by atoms with E-state index in [1.807, 2.05) is 0 Å². The van der Waals surface area contributed by atoms with Gasteiger partial charge in [-0.3, -0.25) is 14.2 Å². The number of halogens is 2. The number of rotatable bonds is 5. The zero-order valence-electron chi connectivity index (χ0n) is 15.6. The molecule has 0 radical (unpaired) electrons. The van der Waals surface area contributed by atoms with Gasteiger partial charge in [0.15, 0.2) is 11.2 Å². The fraction of sp³-hybridized carbons (Fsp3) is 0.333. The van der Waals surface area contributed by atoms with E-state index in [0.717, 1.165) is 16.7 Å². The third-order valence-electron chi connectivity index (χ3n) is 4.48. The molecule has 1 amide bonds. The summed E-state index contributed by atoms with van der Waals surface area (Å²) in [4.78, 5) is 41.3. The zero-order valence-corrected chi connectivity index (χ0v) is 15.6. The van der Waals surface area contributed by atoms with E-state index < -0.39 is 41.4 Å². The van der Waals surface area contributed by atoms with Gasteiger partial charge in [0.1, 0.15) is 18.2 Å². The molecule has 10 heteroatoms. The third kappa shape index (κ3) is 3.45. The summed E-state index contributed by atoms with van der Waals surface area (Å²) >= 11 is 0. The first-order chi connectivity index (χ1) is 13.2. The van der Waals surface area contributed by atoms with Crippen LogP contribution >= 0.6 is 0 Å². The van der Waals surface area contributed by atoms with E-state index in [2.05, 4.69) is 10.3 Å². The average molecular weight is 391 g/mol. The second-order valence-corrected chi connectivity index (χ2v) is 6.63. The summed E-state index contributed by atoms with van der Waals surface area (Å²) in [7, 11) is 3.06. The molecule has 1 aromatic carbocycles. The molecule has 2 aromatic heterocycles. The number of carbonyl (C=O) groups excluding carboxylic acids is 1. The van der Waals surface area contributed by atoms with Crippen LogP contribution in [0, 0.1) is 11.6 Å². The smallest absolute Gasteiger partial charge is 0.332 e. The van der Waals surface area contributed by atoms with Crippen LogP contribution in [-0.2, 0) is 31.9 Å². The van der Waals surface area contributed by atoms with E-state index in [1.165, 1.54) is 28.6 Å². The number of aromatic nitrogens is 4. The Morgan fingerprint density at radius 2 is 1.86 bits per heavy atom. The van der Waals surface area contributed by atoms with Gasteiger partial charge in [-0.25, -0.2) is 23.1 Å². The second-order valence-electron chi connectivity index (χ2n) is 6.63. The molecule has 3 aromatic rings. The van der Waals surface area contributed by atoms with Crippen molar-refractivity contribution in [3.05, 3.63) is 62.6 Å². The monoisotopic (exact) mass is 391 g/mol. The Morgan fingerprint density at radius 3 is 2.50 bits per heavy atom. The summed E-state index contributed by atoms with van der Waals surface area (Å²) in [6.07, 6.45) is 1.33. The molecular formula is C18H19F2N5O3. The number of nitrogens with zero attached hydrogens (tertiary/aromatic N) is 4. The molecule has 0 aliphatic carbocycles. The van der Waals surface area contributed by atoms with E-state index in [1.54, 1.807) is 14.0 Å². The van der Waals surface area contributed by atoms with E-state index >= 15 is 0 Å². The van der Waals surface area contributed by atoms with Gasteiger partial charge in [0.25, 0.3) is 5.56 Å². The average Bonchev–Trinajstić information content (AvgIpc) is 3.02. The molecular weight excluding hydrogens is 372 g/mol. The summed E-state index contributed by atoms with van der Waals surface area (Å²) in [6, 6.07) is 2.92. The Balaban J connectivity index is 1.81. The Bertz CT molecular complexity index is 1160. The number of carbonyl (C=O) groups is 1. The zero-order chi connectivity index (χ0) is 20.6. The summed E-state index contributed by atoms with van der Waals surface area (Å²) < 4.78 is 31.0. The van der Waals surface area contributed by atoms with Crippen molar-refractivity contribution >= 4 is 17.1 Å². The molecule has 0 bridgehead atoms. The van der Waals surface area contributed by atoms with E-state index in [4.69, 9.17) is 0 Å². The highest BCUT2D eigenvalue weighted by Crippen LogP contribution is 2.14. The van der Waals surface area contributed by atoms with Crippen LogP contribution in [0.3, 0.4) is 0 Å². The van der Waals surface area contributed by atoms with Gasteiger partial charge in [0.2, 0.25) is 5.91 Å². The Kier molecular flexibility index (Phi) is 5.12. The Morgan fingerprint density at radius 1 is 1.21 bits per heavy atom. The number of benzene rings is 1. The fourth-order valence-electron chi connectivity index (χ4n) is 3.08. The number of fused-ring (bicyclic) bond motifs is 1. The molecule has 0 saturated carbocycles. The molecule has 1 unspecified atom stereocenters. The van der Waals surface area contributed by atoms with Crippen LogP contribution in [0.25, 0.3) is 11.2 Å². The predicted octanol–water partition coefficient (Wildman–Crippen LogP) is 0.459. The molecule has 0 aliphatic heterocycles. The summed E-state index contributed by atoms with van der Waals surface area (Å²) in [5.41, 5.74) is -1.05. The minimum atomic E-state index is -0.701. The number of aryl methyl sites for hydroxylation is 2. The summed E-state index contributed by atoms with van der Waals surface area (Å²) in [5, 5.41) is 2.56. The molecule has 0 saturated heterocycles. The van der Waals surface area contributed by atoms with E-state index in [0.29, 0.717) is 0 Å². The molecule has 3 rings (SSSR count). The molecule has 28 heavy (non-hydrogen) atoms. The van der Waals surface area contributed by atoms with E-state index in [-0.39, 0.29) is 23.1 Å². The van der Waals surface area contributed by atoms with Crippen molar-refractivity contribution in [1.82, 2.24) is 24.0 Å². The lowest BCUT2D eigenvalue weighted by Gasteiger charge is -2.15. The molecule has 8 nitrogen and oxygen atoms in total. The minimum Gasteiger partial charge on any atom is -0.352 e. The van der Waals surface area contributed by atoms with Crippen LogP contribution in [0.2, 0.25) is 0 Å². The molecule has 0 aliphatic rings. The van der Waals surface area contributed by atoms with Gasteiger partial charge in [-0.1, -0.05) is 6.07 Å². The van der Waals surface area contributed by atoms with Crippen LogP contribution in [0.15, 0.2) is 34.1 Å². The van der Waals surface area contributed by atoms with Crippen molar-refractivity contribution < 1.29 is 13.6 Å². The maximum absolute atomic E-state index is 13.8. The first-order valence-electron chi connectivity index (χ1n) is 8.53. The maximum Gasteiger partial charge on any atom is 0.332 e. The predicted molar refractivity (Wildman–Crippen MR) is 97.9 cm³/mol. The molecule has 0 spiro atoms.